The van der Waals surface area contributed by atoms with Gasteiger partial charge in [-0.25, -0.2) is 9.18 Å². The summed E-state index contributed by atoms with van der Waals surface area (Å²) < 4.78 is 14.1. The van der Waals surface area contributed by atoms with E-state index in [2.05, 4.69) is 26.6 Å². The molecule has 0 aliphatic carbocycles. The van der Waals surface area contributed by atoms with Gasteiger partial charge in [0.15, 0.2) is 0 Å². The predicted molar refractivity (Wildman–Crippen MR) is 77.9 cm³/mol. The molecule has 0 saturated carbocycles. The van der Waals surface area contributed by atoms with Crippen molar-refractivity contribution in [3.8, 4) is 0 Å². The van der Waals surface area contributed by atoms with Gasteiger partial charge in [0.05, 0.1) is 11.4 Å². The van der Waals surface area contributed by atoms with Crippen LogP contribution in [-0.2, 0) is 0 Å². The van der Waals surface area contributed by atoms with E-state index < -0.39 is 11.8 Å². The van der Waals surface area contributed by atoms with Crippen molar-refractivity contribution in [1.82, 2.24) is 0 Å². The molecule has 0 unspecified atom stereocenters. The van der Waals surface area contributed by atoms with E-state index in [0.717, 1.165) is 10.0 Å². The Balaban J connectivity index is 2.10. The summed E-state index contributed by atoms with van der Waals surface area (Å²) in [4.78, 5) is 11.8. The fraction of sp³-hybridized carbons (Fsp3) is 0.0714. The summed E-state index contributed by atoms with van der Waals surface area (Å²) in [5.74, 6) is -0.471. The van der Waals surface area contributed by atoms with Gasteiger partial charge in [-0.15, -0.1) is 0 Å². The summed E-state index contributed by atoms with van der Waals surface area (Å²) >= 11 is 3.34. The lowest BCUT2D eigenvalue weighted by Gasteiger charge is -2.10. The van der Waals surface area contributed by atoms with Crippen molar-refractivity contribution in [3.63, 3.8) is 0 Å². The number of para-hydroxylation sites is 1. The number of aryl methyl sites for hydroxylation is 1. The molecule has 2 aromatic carbocycles. The molecule has 5 heteroatoms. The van der Waals surface area contributed by atoms with E-state index in [4.69, 9.17) is 0 Å². The van der Waals surface area contributed by atoms with E-state index in [1.54, 1.807) is 12.1 Å². The Morgan fingerprint density at radius 1 is 1.11 bits per heavy atom. The molecule has 0 aromatic heterocycles. The van der Waals surface area contributed by atoms with Gasteiger partial charge in [-0.05, 0) is 52.7 Å². The predicted octanol–water partition coefficient (Wildman–Crippen LogP) is 4.54. The minimum absolute atomic E-state index is 0.142. The Kier molecular flexibility index (Phi) is 4.16. The fourth-order valence-electron chi connectivity index (χ4n) is 1.57. The highest BCUT2D eigenvalue weighted by atomic mass is 79.9. The molecule has 98 valence electrons. The maximum absolute atomic E-state index is 13.4. The molecule has 2 rings (SSSR count). The Morgan fingerprint density at radius 2 is 1.79 bits per heavy atom. The van der Waals surface area contributed by atoms with E-state index in [1.165, 1.54) is 12.1 Å². The molecular weight excluding hydrogens is 311 g/mol. The summed E-state index contributed by atoms with van der Waals surface area (Å²) in [6.07, 6.45) is 0. The molecule has 3 nitrogen and oxygen atoms in total. The second-order valence-electron chi connectivity index (χ2n) is 4.04. The number of benzene rings is 2. The van der Waals surface area contributed by atoms with Crippen LogP contribution in [0.5, 0.6) is 0 Å². The van der Waals surface area contributed by atoms with Gasteiger partial charge in [0, 0.05) is 4.47 Å². The zero-order valence-corrected chi connectivity index (χ0v) is 11.8. The second-order valence-corrected chi connectivity index (χ2v) is 4.90. The van der Waals surface area contributed by atoms with E-state index in [9.17, 15) is 9.18 Å². The molecule has 0 fully saturated rings. The van der Waals surface area contributed by atoms with E-state index in [-0.39, 0.29) is 5.69 Å². The van der Waals surface area contributed by atoms with Crippen LogP contribution in [0.1, 0.15) is 5.56 Å². The second kappa shape index (κ2) is 5.84. The zero-order chi connectivity index (χ0) is 13.8. The molecule has 2 amide bonds. The first-order valence-corrected chi connectivity index (χ1v) is 6.44. The summed E-state index contributed by atoms with van der Waals surface area (Å²) in [6.45, 7) is 1.92. The molecule has 0 spiro atoms. The van der Waals surface area contributed by atoms with Gasteiger partial charge in [0.1, 0.15) is 5.82 Å². The summed E-state index contributed by atoms with van der Waals surface area (Å²) in [5, 5.41) is 5.12. The number of carbonyl (C=O) groups excluding carboxylic acids is 1. The van der Waals surface area contributed by atoms with E-state index >= 15 is 0 Å². The van der Waals surface area contributed by atoms with Crippen LogP contribution in [0, 0.1) is 12.7 Å². The lowest BCUT2D eigenvalue weighted by Crippen LogP contribution is -2.20. The minimum atomic E-state index is -0.489. The zero-order valence-electron chi connectivity index (χ0n) is 10.2. The molecule has 0 radical (unpaired) electrons. The highest BCUT2D eigenvalue weighted by Crippen LogP contribution is 2.23. The number of nitrogens with one attached hydrogen (secondary N) is 2. The molecule has 0 atom stereocenters. The third-order valence-electron chi connectivity index (χ3n) is 2.49. The summed E-state index contributed by atoms with van der Waals surface area (Å²) in [7, 11) is 0. The maximum Gasteiger partial charge on any atom is 0.323 e. The topological polar surface area (TPSA) is 41.1 Å². The Morgan fingerprint density at radius 3 is 2.53 bits per heavy atom. The largest absolute Gasteiger partial charge is 0.323 e. The first-order valence-electron chi connectivity index (χ1n) is 5.65. The third-order valence-corrected chi connectivity index (χ3v) is 3.18. The van der Waals surface area contributed by atoms with Crippen LogP contribution in [0.4, 0.5) is 20.6 Å². The van der Waals surface area contributed by atoms with Crippen LogP contribution >= 0.6 is 15.9 Å². The molecule has 2 N–H and O–H groups in total. The summed E-state index contributed by atoms with van der Waals surface area (Å²) in [6, 6.07) is 11.1. The van der Waals surface area contributed by atoms with Gasteiger partial charge in [0.2, 0.25) is 0 Å². The average molecular weight is 323 g/mol. The molecule has 0 heterocycles. The molecule has 19 heavy (non-hydrogen) atoms. The quantitative estimate of drug-likeness (QED) is 0.837. The number of rotatable bonds is 2. The first kappa shape index (κ1) is 13.5. The number of hydrogen-bond donors (Lipinski definition) is 2. The number of urea groups is 1. The van der Waals surface area contributed by atoms with Crippen molar-refractivity contribution in [2.45, 2.75) is 6.92 Å². The average Bonchev–Trinajstić information content (AvgIpc) is 2.37. The van der Waals surface area contributed by atoms with E-state index in [0.29, 0.717) is 5.69 Å². The van der Waals surface area contributed by atoms with Crippen LogP contribution in [0.25, 0.3) is 0 Å². The van der Waals surface area contributed by atoms with E-state index in [1.807, 2.05) is 25.1 Å². The highest BCUT2D eigenvalue weighted by Gasteiger charge is 2.08. The van der Waals surface area contributed by atoms with Gasteiger partial charge >= 0.3 is 6.03 Å². The first-order chi connectivity index (χ1) is 9.06. The fourth-order valence-corrected chi connectivity index (χ4v) is 1.92. The molecule has 2 aromatic rings. The minimum Gasteiger partial charge on any atom is -0.307 e. The van der Waals surface area contributed by atoms with Gasteiger partial charge in [0.25, 0.3) is 0 Å². The monoisotopic (exact) mass is 322 g/mol. The third kappa shape index (κ3) is 3.54. The van der Waals surface area contributed by atoms with Gasteiger partial charge in [-0.2, -0.15) is 0 Å². The lowest BCUT2D eigenvalue weighted by molar-refractivity contribution is 0.262. The standard InChI is InChI=1S/C14H12BrFN2O/c1-9-6-7-10(15)13(8-9)18-14(19)17-12-5-3-2-4-11(12)16/h2-8H,1H3,(H2,17,18,19). The number of hydrogen-bond acceptors (Lipinski definition) is 1. The molecule has 0 aliphatic heterocycles. The van der Waals surface area contributed by atoms with Crippen molar-refractivity contribution in [3.05, 3.63) is 58.3 Å². The number of carbonyl (C=O) groups is 1. The van der Waals surface area contributed by atoms with Gasteiger partial charge in [-0.3, -0.25) is 0 Å². The van der Waals surface area contributed by atoms with Crippen LogP contribution in [0.15, 0.2) is 46.9 Å². The molecule has 0 saturated heterocycles. The van der Waals surface area contributed by atoms with Crippen molar-refractivity contribution in [2.24, 2.45) is 0 Å². The number of amides is 2. The smallest absolute Gasteiger partial charge is 0.307 e. The van der Waals surface area contributed by atoms with Crippen LogP contribution in [0.3, 0.4) is 0 Å². The lowest BCUT2D eigenvalue weighted by atomic mass is 10.2. The molecule has 0 aliphatic rings. The van der Waals surface area contributed by atoms with Gasteiger partial charge in [-0.1, -0.05) is 18.2 Å². The Bertz CT molecular complexity index is 616. The molecule has 0 bridgehead atoms. The van der Waals surface area contributed by atoms with Crippen LogP contribution in [0.2, 0.25) is 0 Å². The highest BCUT2D eigenvalue weighted by molar-refractivity contribution is 9.10. The van der Waals surface area contributed by atoms with Crippen molar-refractivity contribution in [2.75, 3.05) is 10.6 Å². The van der Waals surface area contributed by atoms with Crippen LogP contribution < -0.4 is 10.6 Å². The number of anilines is 2. The van der Waals surface area contributed by atoms with Crippen molar-refractivity contribution < 1.29 is 9.18 Å². The molecular formula is C14H12BrFN2O. The van der Waals surface area contributed by atoms with Crippen LogP contribution in [-0.4, -0.2) is 6.03 Å². The maximum atomic E-state index is 13.4. The Hall–Kier alpha value is -1.88. The van der Waals surface area contributed by atoms with Crippen molar-refractivity contribution in [1.29, 1.82) is 0 Å². The normalized spacial score (nSPS) is 10.1. The number of halogens is 2. The summed E-state index contributed by atoms with van der Waals surface area (Å²) in [5.41, 5.74) is 1.79. The van der Waals surface area contributed by atoms with Crippen molar-refractivity contribution >= 4 is 33.3 Å². The SMILES string of the molecule is Cc1ccc(Br)c(NC(=O)Nc2ccccc2F)c1. The Labute approximate surface area is 119 Å². The van der Waals surface area contributed by atoms with Gasteiger partial charge < -0.3 is 10.6 Å².